The van der Waals surface area contributed by atoms with E-state index in [0.29, 0.717) is 0 Å². The van der Waals surface area contributed by atoms with Crippen molar-refractivity contribution < 1.29 is 10.6 Å². The molecule has 0 saturated heterocycles. The quantitative estimate of drug-likeness (QED) is 0.721. The number of rotatable bonds is 3. The van der Waals surface area contributed by atoms with Crippen molar-refractivity contribution in [2.75, 3.05) is 6.61 Å². The molecule has 0 radical (unpaired) electrons. The summed E-state index contributed by atoms with van der Waals surface area (Å²) in [7, 11) is 0. The largest absolute Gasteiger partial charge is 0.412 e. The van der Waals surface area contributed by atoms with E-state index >= 15 is 0 Å². The first-order valence-electron chi connectivity index (χ1n) is 4.00. The van der Waals surface area contributed by atoms with Gasteiger partial charge in [-0.15, -0.1) is 0 Å². The number of benzene rings is 1. The van der Waals surface area contributed by atoms with Crippen LogP contribution in [0.15, 0.2) is 24.3 Å². The third-order valence-electron chi connectivity index (χ3n) is 1.87. The van der Waals surface area contributed by atoms with Gasteiger partial charge in [0.25, 0.3) is 0 Å². The molecule has 0 fully saturated rings. The molecule has 68 valence electrons. The molecule has 0 amide bonds. The van der Waals surface area contributed by atoms with Gasteiger partial charge in [-0.05, 0) is 30.9 Å². The summed E-state index contributed by atoms with van der Waals surface area (Å²) in [6.45, 7) is 2.39. The van der Waals surface area contributed by atoms with Gasteiger partial charge in [-0.2, -0.15) is 0 Å². The Morgan fingerprint density at radius 2 is 1.92 bits per heavy atom. The van der Waals surface area contributed by atoms with E-state index < -0.39 is 0 Å². The number of hydrogen-bond acceptors (Lipinski definition) is 1. The molecular formula is C10H16O2. The van der Waals surface area contributed by atoms with Crippen LogP contribution in [0.1, 0.15) is 17.5 Å². The van der Waals surface area contributed by atoms with Crippen LogP contribution in [0.2, 0.25) is 0 Å². The number of aliphatic hydroxyl groups excluding tert-OH is 1. The molecule has 0 aliphatic carbocycles. The van der Waals surface area contributed by atoms with Crippen LogP contribution in [0.4, 0.5) is 0 Å². The molecule has 0 saturated carbocycles. The van der Waals surface area contributed by atoms with Gasteiger partial charge in [0, 0.05) is 6.61 Å². The molecular weight excluding hydrogens is 152 g/mol. The Labute approximate surface area is 73.2 Å². The van der Waals surface area contributed by atoms with Gasteiger partial charge in [0.05, 0.1) is 0 Å². The second-order valence-corrected chi connectivity index (χ2v) is 2.75. The maximum Gasteiger partial charge on any atom is 0.0434 e. The van der Waals surface area contributed by atoms with Crippen molar-refractivity contribution in [1.29, 1.82) is 0 Å². The molecule has 0 aliphatic rings. The molecule has 1 aromatic carbocycles. The van der Waals surface area contributed by atoms with E-state index in [0.717, 1.165) is 12.8 Å². The fraction of sp³-hybridized carbons (Fsp3) is 0.400. The maximum absolute atomic E-state index is 8.62. The lowest BCUT2D eigenvalue weighted by Crippen LogP contribution is -1.91. The first kappa shape index (κ1) is 11.1. The summed E-state index contributed by atoms with van der Waals surface area (Å²) in [6.07, 6.45) is 1.86. The van der Waals surface area contributed by atoms with E-state index in [1.165, 1.54) is 11.1 Å². The van der Waals surface area contributed by atoms with Crippen LogP contribution in [0.3, 0.4) is 0 Å². The molecule has 1 aromatic rings. The summed E-state index contributed by atoms with van der Waals surface area (Å²) in [5.41, 5.74) is 2.67. The molecule has 2 heteroatoms. The van der Waals surface area contributed by atoms with E-state index in [9.17, 15) is 0 Å². The van der Waals surface area contributed by atoms with Crippen molar-refractivity contribution in [3.8, 4) is 0 Å². The second-order valence-electron chi connectivity index (χ2n) is 2.75. The zero-order chi connectivity index (χ0) is 8.10. The highest BCUT2D eigenvalue weighted by atomic mass is 16.2. The Balaban J connectivity index is 0.00000121. The van der Waals surface area contributed by atoms with Crippen LogP contribution < -0.4 is 0 Å². The number of aliphatic hydroxyl groups is 1. The second kappa shape index (κ2) is 5.75. The first-order chi connectivity index (χ1) is 5.34. The molecule has 3 N–H and O–H groups in total. The van der Waals surface area contributed by atoms with Gasteiger partial charge >= 0.3 is 0 Å². The highest BCUT2D eigenvalue weighted by Gasteiger charge is 1.94. The van der Waals surface area contributed by atoms with Crippen LogP contribution in [-0.4, -0.2) is 17.2 Å². The average molecular weight is 168 g/mol. The predicted molar refractivity (Wildman–Crippen MR) is 50.2 cm³/mol. The first-order valence-corrected chi connectivity index (χ1v) is 4.00. The minimum atomic E-state index is 0. The number of hydrogen-bond donors (Lipinski definition) is 1. The molecule has 0 unspecified atom stereocenters. The van der Waals surface area contributed by atoms with Crippen LogP contribution in [0, 0.1) is 6.92 Å². The summed E-state index contributed by atoms with van der Waals surface area (Å²) in [5.74, 6) is 0. The fourth-order valence-corrected chi connectivity index (χ4v) is 1.16. The monoisotopic (exact) mass is 168 g/mol. The lowest BCUT2D eigenvalue weighted by Gasteiger charge is -2.02. The minimum Gasteiger partial charge on any atom is -0.412 e. The van der Waals surface area contributed by atoms with Crippen molar-refractivity contribution in [1.82, 2.24) is 0 Å². The van der Waals surface area contributed by atoms with Gasteiger partial charge < -0.3 is 10.6 Å². The highest BCUT2D eigenvalue weighted by molar-refractivity contribution is 5.25. The van der Waals surface area contributed by atoms with E-state index in [1.54, 1.807) is 0 Å². The van der Waals surface area contributed by atoms with Gasteiger partial charge in [-0.25, -0.2) is 0 Å². The van der Waals surface area contributed by atoms with Crippen molar-refractivity contribution in [2.24, 2.45) is 0 Å². The Kier molecular flexibility index (Phi) is 5.34. The predicted octanol–water partition coefficient (Wildman–Crippen LogP) is 1.10. The molecule has 0 atom stereocenters. The molecule has 0 spiro atoms. The standard InChI is InChI=1S/C10H14O.H2O/c1-9-5-2-3-6-10(9)7-4-8-11;/h2-3,5-6,11H,4,7-8H2,1H3;1H2. The lowest BCUT2D eigenvalue weighted by atomic mass is 10.0. The molecule has 0 heterocycles. The normalized spacial score (nSPS) is 9.17. The Bertz CT molecular complexity index is 221. The third kappa shape index (κ3) is 3.03. The van der Waals surface area contributed by atoms with Gasteiger partial charge in [0.1, 0.15) is 0 Å². The van der Waals surface area contributed by atoms with Crippen molar-refractivity contribution in [2.45, 2.75) is 19.8 Å². The summed E-state index contributed by atoms with van der Waals surface area (Å²) in [5, 5.41) is 8.62. The summed E-state index contributed by atoms with van der Waals surface area (Å²) in [6, 6.07) is 8.30. The summed E-state index contributed by atoms with van der Waals surface area (Å²) < 4.78 is 0. The zero-order valence-electron chi connectivity index (χ0n) is 7.38. The van der Waals surface area contributed by atoms with Gasteiger partial charge in [0.2, 0.25) is 0 Å². The molecule has 2 nitrogen and oxygen atoms in total. The molecule has 12 heavy (non-hydrogen) atoms. The average Bonchev–Trinajstić information content (AvgIpc) is 2.03. The van der Waals surface area contributed by atoms with Gasteiger partial charge in [-0.1, -0.05) is 24.3 Å². The van der Waals surface area contributed by atoms with E-state index in [-0.39, 0.29) is 12.1 Å². The van der Waals surface area contributed by atoms with E-state index in [1.807, 2.05) is 12.1 Å². The topological polar surface area (TPSA) is 51.7 Å². The Morgan fingerprint density at radius 1 is 1.25 bits per heavy atom. The van der Waals surface area contributed by atoms with Crippen molar-refractivity contribution in [3.05, 3.63) is 35.4 Å². The maximum atomic E-state index is 8.62. The summed E-state index contributed by atoms with van der Waals surface area (Å²) in [4.78, 5) is 0. The van der Waals surface area contributed by atoms with E-state index in [4.69, 9.17) is 5.11 Å². The molecule has 0 bridgehead atoms. The van der Waals surface area contributed by atoms with Crippen molar-refractivity contribution >= 4 is 0 Å². The SMILES string of the molecule is Cc1ccccc1CCCO.O. The third-order valence-corrected chi connectivity index (χ3v) is 1.87. The molecule has 0 aliphatic heterocycles. The Morgan fingerprint density at radius 3 is 2.50 bits per heavy atom. The molecule has 0 aromatic heterocycles. The Hall–Kier alpha value is -0.860. The fourth-order valence-electron chi connectivity index (χ4n) is 1.16. The minimum absolute atomic E-state index is 0. The smallest absolute Gasteiger partial charge is 0.0434 e. The number of aryl methyl sites for hydroxylation is 2. The summed E-state index contributed by atoms with van der Waals surface area (Å²) >= 11 is 0. The van der Waals surface area contributed by atoms with Crippen LogP contribution in [-0.2, 0) is 6.42 Å². The van der Waals surface area contributed by atoms with E-state index in [2.05, 4.69) is 19.1 Å². The van der Waals surface area contributed by atoms with Crippen LogP contribution in [0.25, 0.3) is 0 Å². The van der Waals surface area contributed by atoms with Gasteiger partial charge in [0.15, 0.2) is 0 Å². The van der Waals surface area contributed by atoms with Crippen LogP contribution in [0.5, 0.6) is 0 Å². The van der Waals surface area contributed by atoms with Crippen LogP contribution >= 0.6 is 0 Å². The van der Waals surface area contributed by atoms with Crippen molar-refractivity contribution in [3.63, 3.8) is 0 Å². The zero-order valence-corrected chi connectivity index (χ0v) is 7.38. The lowest BCUT2D eigenvalue weighted by molar-refractivity contribution is 0.288. The highest BCUT2D eigenvalue weighted by Crippen LogP contribution is 2.08. The molecule has 1 rings (SSSR count). The van der Waals surface area contributed by atoms with Gasteiger partial charge in [-0.3, -0.25) is 0 Å².